The third-order valence-corrected chi connectivity index (χ3v) is 3.08. The Bertz CT molecular complexity index is 406. The van der Waals surface area contributed by atoms with Crippen LogP contribution in [0.1, 0.15) is 39.5 Å². The number of ether oxygens (including phenoxy) is 2. The van der Waals surface area contributed by atoms with Crippen molar-refractivity contribution in [2.24, 2.45) is 0 Å². The Hall–Kier alpha value is -1.71. The topological polar surface area (TPSA) is 47.6 Å². The summed E-state index contributed by atoms with van der Waals surface area (Å²) in [6.45, 7) is 4.21. The van der Waals surface area contributed by atoms with Crippen LogP contribution in [0.25, 0.3) is 0 Å². The molecular weight excluding hydrogens is 254 g/mol. The van der Waals surface area contributed by atoms with Gasteiger partial charge in [-0.3, -0.25) is 4.79 Å². The Morgan fingerprint density at radius 3 is 2.60 bits per heavy atom. The van der Waals surface area contributed by atoms with E-state index in [4.69, 9.17) is 9.47 Å². The maximum absolute atomic E-state index is 11.8. The number of methoxy groups -OCH3 is 1. The standard InChI is InChI=1S/C16H25NO3/c1-4-5-6-9-13(2)17-16(18)12-20-15-11-8-7-10-14(15)19-3/h7-8,10-11,13H,4-6,9,12H2,1-3H3,(H,17,18). The molecule has 0 fully saturated rings. The lowest BCUT2D eigenvalue weighted by molar-refractivity contribution is -0.123. The second-order valence-corrected chi connectivity index (χ2v) is 4.90. The van der Waals surface area contributed by atoms with E-state index in [1.54, 1.807) is 19.2 Å². The smallest absolute Gasteiger partial charge is 0.258 e. The average molecular weight is 279 g/mol. The van der Waals surface area contributed by atoms with Crippen LogP contribution in [0.2, 0.25) is 0 Å². The van der Waals surface area contributed by atoms with Crippen molar-refractivity contribution in [1.29, 1.82) is 0 Å². The molecule has 1 aromatic rings. The molecule has 1 atom stereocenters. The number of para-hydroxylation sites is 2. The summed E-state index contributed by atoms with van der Waals surface area (Å²) >= 11 is 0. The highest BCUT2D eigenvalue weighted by Gasteiger charge is 2.09. The molecule has 0 saturated heterocycles. The summed E-state index contributed by atoms with van der Waals surface area (Å²) < 4.78 is 10.6. The highest BCUT2D eigenvalue weighted by molar-refractivity contribution is 5.77. The molecular formula is C16H25NO3. The minimum atomic E-state index is -0.0973. The average Bonchev–Trinajstić information content (AvgIpc) is 2.45. The Morgan fingerprint density at radius 2 is 1.95 bits per heavy atom. The van der Waals surface area contributed by atoms with Crippen LogP contribution < -0.4 is 14.8 Å². The van der Waals surface area contributed by atoms with Gasteiger partial charge in [-0.1, -0.05) is 38.3 Å². The Morgan fingerprint density at radius 1 is 1.25 bits per heavy atom. The van der Waals surface area contributed by atoms with E-state index in [-0.39, 0.29) is 18.6 Å². The Balaban J connectivity index is 2.32. The van der Waals surface area contributed by atoms with Crippen molar-refractivity contribution < 1.29 is 14.3 Å². The van der Waals surface area contributed by atoms with Crippen molar-refractivity contribution in [2.75, 3.05) is 13.7 Å². The largest absolute Gasteiger partial charge is 0.493 e. The monoisotopic (exact) mass is 279 g/mol. The van der Waals surface area contributed by atoms with Crippen LogP contribution in [-0.2, 0) is 4.79 Å². The molecule has 0 radical (unpaired) electrons. The van der Waals surface area contributed by atoms with Gasteiger partial charge in [-0.25, -0.2) is 0 Å². The van der Waals surface area contributed by atoms with E-state index in [0.29, 0.717) is 11.5 Å². The summed E-state index contributed by atoms with van der Waals surface area (Å²) in [5.41, 5.74) is 0. The molecule has 0 aromatic heterocycles. The zero-order valence-electron chi connectivity index (χ0n) is 12.6. The number of unbranched alkanes of at least 4 members (excludes halogenated alkanes) is 2. The number of nitrogens with one attached hydrogen (secondary N) is 1. The molecule has 20 heavy (non-hydrogen) atoms. The summed E-state index contributed by atoms with van der Waals surface area (Å²) in [6, 6.07) is 7.50. The van der Waals surface area contributed by atoms with Gasteiger partial charge in [0.15, 0.2) is 18.1 Å². The molecule has 0 aliphatic carbocycles. The van der Waals surface area contributed by atoms with E-state index < -0.39 is 0 Å². The van der Waals surface area contributed by atoms with Crippen LogP contribution in [0, 0.1) is 0 Å². The molecule has 4 heteroatoms. The predicted octanol–water partition coefficient (Wildman–Crippen LogP) is 3.16. The summed E-state index contributed by atoms with van der Waals surface area (Å²) in [5, 5.41) is 2.94. The molecule has 0 heterocycles. The number of amides is 1. The number of hydrogen-bond donors (Lipinski definition) is 1. The van der Waals surface area contributed by atoms with Gasteiger partial charge in [0.05, 0.1) is 7.11 Å². The first-order chi connectivity index (χ1) is 9.67. The zero-order valence-corrected chi connectivity index (χ0v) is 12.6. The first-order valence-electron chi connectivity index (χ1n) is 7.22. The molecule has 0 spiro atoms. The van der Waals surface area contributed by atoms with Crippen molar-refractivity contribution in [3.63, 3.8) is 0 Å². The van der Waals surface area contributed by atoms with E-state index in [9.17, 15) is 4.79 Å². The predicted molar refractivity (Wildman–Crippen MR) is 80.2 cm³/mol. The van der Waals surface area contributed by atoms with Gasteiger partial charge in [-0.05, 0) is 25.5 Å². The minimum absolute atomic E-state index is 0.0124. The van der Waals surface area contributed by atoms with E-state index in [0.717, 1.165) is 12.8 Å². The fraction of sp³-hybridized carbons (Fsp3) is 0.562. The van der Waals surface area contributed by atoms with E-state index in [1.165, 1.54) is 12.8 Å². The van der Waals surface area contributed by atoms with Crippen LogP contribution in [0.4, 0.5) is 0 Å². The summed E-state index contributed by atoms with van der Waals surface area (Å²) in [5.74, 6) is 1.12. The van der Waals surface area contributed by atoms with Crippen LogP contribution in [-0.4, -0.2) is 25.7 Å². The van der Waals surface area contributed by atoms with E-state index >= 15 is 0 Å². The number of carbonyl (C=O) groups excluding carboxylic acids is 1. The van der Waals surface area contributed by atoms with Crippen molar-refractivity contribution >= 4 is 5.91 Å². The summed E-state index contributed by atoms with van der Waals surface area (Å²) in [6.07, 6.45) is 4.55. The van der Waals surface area contributed by atoms with Gasteiger partial charge in [0.1, 0.15) is 0 Å². The third-order valence-electron chi connectivity index (χ3n) is 3.08. The molecule has 112 valence electrons. The second kappa shape index (κ2) is 9.23. The van der Waals surface area contributed by atoms with Crippen LogP contribution >= 0.6 is 0 Å². The van der Waals surface area contributed by atoms with E-state index in [1.807, 2.05) is 19.1 Å². The van der Waals surface area contributed by atoms with Crippen molar-refractivity contribution in [1.82, 2.24) is 5.32 Å². The third kappa shape index (κ3) is 5.95. The molecule has 1 amide bonds. The van der Waals surface area contributed by atoms with E-state index in [2.05, 4.69) is 12.2 Å². The van der Waals surface area contributed by atoms with Gasteiger partial charge in [0, 0.05) is 6.04 Å². The van der Waals surface area contributed by atoms with Gasteiger partial charge in [-0.2, -0.15) is 0 Å². The van der Waals surface area contributed by atoms with Crippen LogP contribution in [0.5, 0.6) is 11.5 Å². The quantitative estimate of drug-likeness (QED) is 0.706. The lowest BCUT2D eigenvalue weighted by Crippen LogP contribution is -2.36. The number of benzene rings is 1. The summed E-state index contributed by atoms with van der Waals surface area (Å²) in [7, 11) is 1.58. The molecule has 0 aliphatic rings. The van der Waals surface area contributed by atoms with Crippen LogP contribution in [0.3, 0.4) is 0 Å². The lowest BCUT2D eigenvalue weighted by Gasteiger charge is -2.14. The molecule has 1 aromatic carbocycles. The van der Waals surface area contributed by atoms with Crippen molar-refractivity contribution in [3.05, 3.63) is 24.3 Å². The van der Waals surface area contributed by atoms with Crippen molar-refractivity contribution in [2.45, 2.75) is 45.6 Å². The molecule has 4 nitrogen and oxygen atoms in total. The minimum Gasteiger partial charge on any atom is -0.493 e. The van der Waals surface area contributed by atoms with Gasteiger partial charge >= 0.3 is 0 Å². The Labute approximate surface area is 121 Å². The second-order valence-electron chi connectivity index (χ2n) is 4.90. The molecule has 1 unspecified atom stereocenters. The normalized spacial score (nSPS) is 11.8. The highest BCUT2D eigenvalue weighted by Crippen LogP contribution is 2.25. The first-order valence-corrected chi connectivity index (χ1v) is 7.22. The van der Waals surface area contributed by atoms with Crippen LogP contribution in [0.15, 0.2) is 24.3 Å². The SMILES string of the molecule is CCCCCC(C)NC(=O)COc1ccccc1OC. The number of carbonyl (C=O) groups is 1. The Kier molecular flexibility index (Phi) is 7.55. The van der Waals surface area contributed by atoms with Gasteiger partial charge in [0.25, 0.3) is 5.91 Å². The maximum atomic E-state index is 11.8. The maximum Gasteiger partial charge on any atom is 0.258 e. The van der Waals surface area contributed by atoms with Crippen molar-refractivity contribution in [3.8, 4) is 11.5 Å². The first kappa shape index (κ1) is 16.3. The fourth-order valence-electron chi connectivity index (χ4n) is 1.97. The molecule has 1 rings (SSSR count). The molecule has 0 bridgehead atoms. The number of rotatable bonds is 9. The number of hydrogen-bond acceptors (Lipinski definition) is 3. The van der Waals surface area contributed by atoms with Gasteiger partial charge < -0.3 is 14.8 Å². The van der Waals surface area contributed by atoms with Gasteiger partial charge in [-0.15, -0.1) is 0 Å². The lowest BCUT2D eigenvalue weighted by atomic mass is 10.1. The highest BCUT2D eigenvalue weighted by atomic mass is 16.5. The molecule has 0 saturated carbocycles. The molecule has 0 aliphatic heterocycles. The zero-order chi connectivity index (χ0) is 14.8. The fourth-order valence-corrected chi connectivity index (χ4v) is 1.97. The molecule has 1 N–H and O–H groups in total. The summed E-state index contributed by atoms with van der Waals surface area (Å²) in [4.78, 5) is 11.8. The van der Waals surface area contributed by atoms with Gasteiger partial charge in [0.2, 0.25) is 0 Å².